The van der Waals surface area contributed by atoms with Gasteiger partial charge in [0.2, 0.25) is 5.91 Å². The summed E-state index contributed by atoms with van der Waals surface area (Å²) in [6, 6.07) is 4.38. The fraction of sp³-hybridized carbons (Fsp3) is 0.500. The zero-order valence-electron chi connectivity index (χ0n) is 11.6. The number of amides is 1. The van der Waals surface area contributed by atoms with E-state index in [0.717, 1.165) is 0 Å². The molecule has 0 aromatic heterocycles. The first-order valence-electron chi connectivity index (χ1n) is 6.50. The summed E-state index contributed by atoms with van der Waals surface area (Å²) in [4.78, 5) is 11.9. The molecule has 1 amide bonds. The maximum atomic E-state index is 13.5. The van der Waals surface area contributed by atoms with Crippen LogP contribution in [0.15, 0.2) is 18.2 Å². The van der Waals surface area contributed by atoms with Gasteiger partial charge in [-0.2, -0.15) is 0 Å². The fourth-order valence-corrected chi connectivity index (χ4v) is 2.21. The number of carbonyl (C=O) groups excluding carboxylic acids is 1. The lowest BCUT2D eigenvalue weighted by molar-refractivity contribution is -0.123. The van der Waals surface area contributed by atoms with E-state index in [2.05, 4.69) is 10.6 Å². The van der Waals surface area contributed by atoms with E-state index < -0.39 is 5.82 Å². The summed E-state index contributed by atoms with van der Waals surface area (Å²) in [6.07, 6.45) is 0.725. The third kappa shape index (κ3) is 3.46. The molecule has 0 aliphatic carbocycles. The highest BCUT2D eigenvalue weighted by Gasteiger charge is 2.28. The van der Waals surface area contributed by atoms with E-state index in [-0.39, 0.29) is 30.3 Å². The number of ether oxygens (including phenoxy) is 2. The van der Waals surface area contributed by atoms with Crippen LogP contribution in [0.3, 0.4) is 0 Å². The second kappa shape index (κ2) is 6.67. The van der Waals surface area contributed by atoms with Crippen molar-refractivity contribution in [3.8, 4) is 5.75 Å². The highest BCUT2D eigenvalue weighted by molar-refractivity contribution is 5.82. The number of nitrogens with one attached hydrogen (secondary N) is 2. The van der Waals surface area contributed by atoms with Crippen LogP contribution in [0.5, 0.6) is 5.75 Å². The Morgan fingerprint density at radius 3 is 2.90 bits per heavy atom. The summed E-state index contributed by atoms with van der Waals surface area (Å²) in [6.45, 7) is 0.960. The summed E-state index contributed by atoms with van der Waals surface area (Å²) in [5.41, 5.74) is 0.693. The molecule has 0 bridgehead atoms. The van der Waals surface area contributed by atoms with E-state index >= 15 is 0 Å². The molecule has 0 saturated carbocycles. The summed E-state index contributed by atoms with van der Waals surface area (Å²) in [5, 5.41) is 5.88. The van der Waals surface area contributed by atoms with Crippen molar-refractivity contribution in [1.82, 2.24) is 10.6 Å². The average Bonchev–Trinajstić information content (AvgIpc) is 2.94. The standard InChI is InChI=1S/C14H19FN2O3/c1-19-10-6-12(16-8-10)14(18)17-7-9-3-4-13(20-2)11(15)5-9/h3-5,10,12,16H,6-8H2,1-2H3,(H,17,18)/t10-,12-/m0/s1. The number of halogens is 1. The third-order valence-corrected chi connectivity index (χ3v) is 3.42. The summed E-state index contributed by atoms with van der Waals surface area (Å²) in [5.74, 6) is -0.334. The normalized spacial score (nSPS) is 21.8. The Bertz CT molecular complexity index is 481. The number of hydrogen-bond donors (Lipinski definition) is 2. The van der Waals surface area contributed by atoms with Gasteiger partial charge in [0, 0.05) is 20.2 Å². The molecule has 6 heteroatoms. The minimum atomic E-state index is -0.433. The molecule has 1 saturated heterocycles. The molecule has 1 aliphatic heterocycles. The molecule has 5 nitrogen and oxygen atoms in total. The average molecular weight is 282 g/mol. The van der Waals surface area contributed by atoms with Gasteiger partial charge in [-0.25, -0.2) is 4.39 Å². The minimum Gasteiger partial charge on any atom is -0.494 e. The molecule has 1 fully saturated rings. The van der Waals surface area contributed by atoms with E-state index in [9.17, 15) is 9.18 Å². The first kappa shape index (κ1) is 14.7. The highest BCUT2D eigenvalue weighted by atomic mass is 19.1. The van der Waals surface area contributed by atoms with Crippen molar-refractivity contribution < 1.29 is 18.7 Å². The van der Waals surface area contributed by atoms with Crippen molar-refractivity contribution in [2.45, 2.75) is 25.1 Å². The van der Waals surface area contributed by atoms with Crippen LogP contribution >= 0.6 is 0 Å². The van der Waals surface area contributed by atoms with Crippen molar-refractivity contribution in [2.24, 2.45) is 0 Å². The fourth-order valence-electron chi connectivity index (χ4n) is 2.21. The van der Waals surface area contributed by atoms with E-state index in [0.29, 0.717) is 18.5 Å². The monoisotopic (exact) mass is 282 g/mol. The molecule has 2 N–H and O–H groups in total. The van der Waals surface area contributed by atoms with Gasteiger partial charge in [0.05, 0.1) is 19.3 Å². The number of rotatable bonds is 5. The molecule has 0 spiro atoms. The maximum Gasteiger partial charge on any atom is 0.237 e. The Morgan fingerprint density at radius 1 is 1.50 bits per heavy atom. The molecule has 1 aliphatic rings. The van der Waals surface area contributed by atoms with Gasteiger partial charge in [-0.05, 0) is 24.1 Å². The van der Waals surface area contributed by atoms with Gasteiger partial charge < -0.3 is 20.1 Å². The Morgan fingerprint density at radius 2 is 2.30 bits per heavy atom. The van der Waals surface area contributed by atoms with E-state index in [1.807, 2.05) is 0 Å². The van der Waals surface area contributed by atoms with E-state index in [4.69, 9.17) is 9.47 Å². The van der Waals surface area contributed by atoms with E-state index in [1.54, 1.807) is 19.2 Å². The molecule has 2 rings (SSSR count). The van der Waals surface area contributed by atoms with E-state index in [1.165, 1.54) is 13.2 Å². The largest absolute Gasteiger partial charge is 0.494 e. The predicted molar refractivity (Wildman–Crippen MR) is 72.0 cm³/mol. The maximum absolute atomic E-state index is 13.5. The quantitative estimate of drug-likeness (QED) is 0.840. The molecule has 1 aromatic carbocycles. The molecule has 1 heterocycles. The third-order valence-electron chi connectivity index (χ3n) is 3.42. The van der Waals surface area contributed by atoms with Crippen LogP contribution in [0.4, 0.5) is 4.39 Å². The topological polar surface area (TPSA) is 59.6 Å². The second-order valence-corrected chi connectivity index (χ2v) is 4.74. The lowest BCUT2D eigenvalue weighted by Gasteiger charge is -2.12. The lowest BCUT2D eigenvalue weighted by atomic mass is 10.1. The number of hydrogen-bond acceptors (Lipinski definition) is 4. The van der Waals surface area contributed by atoms with Gasteiger partial charge in [-0.15, -0.1) is 0 Å². The Balaban J connectivity index is 1.86. The van der Waals surface area contributed by atoms with Gasteiger partial charge in [-0.3, -0.25) is 4.79 Å². The Kier molecular flexibility index (Phi) is 4.92. The van der Waals surface area contributed by atoms with Crippen LogP contribution in [-0.4, -0.2) is 38.8 Å². The number of carbonyl (C=O) groups is 1. The van der Waals surface area contributed by atoms with Gasteiger partial charge in [0.25, 0.3) is 0 Å². The summed E-state index contributed by atoms with van der Waals surface area (Å²) < 4.78 is 23.5. The molecular weight excluding hydrogens is 263 g/mol. The smallest absolute Gasteiger partial charge is 0.237 e. The van der Waals surface area contributed by atoms with Gasteiger partial charge in [0.15, 0.2) is 11.6 Å². The zero-order chi connectivity index (χ0) is 14.5. The minimum absolute atomic E-state index is 0.0733. The molecule has 2 atom stereocenters. The molecule has 20 heavy (non-hydrogen) atoms. The van der Waals surface area contributed by atoms with Crippen molar-refractivity contribution in [3.63, 3.8) is 0 Å². The van der Waals surface area contributed by atoms with Gasteiger partial charge >= 0.3 is 0 Å². The summed E-state index contributed by atoms with van der Waals surface area (Å²) >= 11 is 0. The van der Waals surface area contributed by atoms with Crippen LogP contribution in [-0.2, 0) is 16.1 Å². The first-order chi connectivity index (χ1) is 9.63. The van der Waals surface area contributed by atoms with Crippen LogP contribution in [0, 0.1) is 5.82 Å². The lowest BCUT2D eigenvalue weighted by Crippen LogP contribution is -2.40. The Hall–Kier alpha value is -1.66. The van der Waals surface area contributed by atoms with Crippen molar-refractivity contribution in [1.29, 1.82) is 0 Å². The van der Waals surface area contributed by atoms with Crippen LogP contribution in [0.2, 0.25) is 0 Å². The molecule has 1 aromatic rings. The number of benzene rings is 1. The molecule has 110 valence electrons. The zero-order valence-corrected chi connectivity index (χ0v) is 11.6. The van der Waals surface area contributed by atoms with Gasteiger partial charge in [0.1, 0.15) is 0 Å². The molecular formula is C14H19FN2O3. The first-order valence-corrected chi connectivity index (χ1v) is 6.50. The van der Waals surface area contributed by atoms with Crippen molar-refractivity contribution in [3.05, 3.63) is 29.6 Å². The predicted octanol–water partition coefficient (Wildman–Crippen LogP) is 0.827. The highest BCUT2D eigenvalue weighted by Crippen LogP contribution is 2.17. The van der Waals surface area contributed by atoms with Crippen LogP contribution in [0.25, 0.3) is 0 Å². The number of methoxy groups -OCH3 is 2. The van der Waals surface area contributed by atoms with Crippen LogP contribution in [0.1, 0.15) is 12.0 Å². The molecule has 0 radical (unpaired) electrons. The molecule has 0 unspecified atom stereocenters. The van der Waals surface area contributed by atoms with Gasteiger partial charge in [-0.1, -0.05) is 6.07 Å². The Labute approximate surface area is 117 Å². The SMILES string of the molecule is COc1ccc(CNC(=O)[C@@H]2C[C@H](OC)CN2)cc1F. The summed E-state index contributed by atoms with van der Waals surface area (Å²) in [7, 11) is 3.05. The van der Waals surface area contributed by atoms with Crippen molar-refractivity contribution >= 4 is 5.91 Å². The van der Waals surface area contributed by atoms with Crippen LogP contribution < -0.4 is 15.4 Å². The second-order valence-electron chi connectivity index (χ2n) is 4.74. The van der Waals surface area contributed by atoms with Crippen molar-refractivity contribution in [2.75, 3.05) is 20.8 Å².